The summed E-state index contributed by atoms with van der Waals surface area (Å²) in [7, 11) is 0. The molecule has 4 rings (SSSR count). The topological polar surface area (TPSA) is 76.7 Å². The minimum absolute atomic E-state index is 0.161. The van der Waals surface area contributed by atoms with Gasteiger partial charge < -0.3 is 20.9 Å². The van der Waals surface area contributed by atoms with Gasteiger partial charge in [-0.05, 0) is 74.0 Å². The monoisotopic (exact) mass is 523 g/mol. The number of urea groups is 1. The molecule has 0 atom stereocenters. The number of benzene rings is 3. The highest BCUT2D eigenvalue weighted by Gasteiger charge is 2.24. The number of thiol groups is 1. The van der Waals surface area contributed by atoms with Crippen molar-refractivity contribution in [1.29, 1.82) is 0 Å². The lowest BCUT2D eigenvalue weighted by atomic mass is 10.0. The predicted molar refractivity (Wildman–Crippen MR) is 151 cm³/mol. The number of halogens is 1. The molecule has 0 aliphatic carbocycles. The van der Waals surface area contributed by atoms with E-state index in [1.54, 1.807) is 30.3 Å². The molecule has 0 radical (unpaired) electrons. The van der Waals surface area contributed by atoms with Crippen LogP contribution in [0.3, 0.4) is 0 Å². The van der Waals surface area contributed by atoms with Crippen LogP contribution in [0.5, 0.6) is 0 Å². The van der Waals surface area contributed by atoms with Crippen molar-refractivity contribution < 1.29 is 9.59 Å². The third-order valence-electron chi connectivity index (χ3n) is 6.08. The van der Waals surface area contributed by atoms with Crippen LogP contribution >= 0.6 is 24.4 Å². The lowest BCUT2D eigenvalue weighted by molar-refractivity contribution is -0.114. The first kappa shape index (κ1) is 25.9. The van der Waals surface area contributed by atoms with Crippen LogP contribution in [0.4, 0.5) is 27.5 Å². The summed E-state index contributed by atoms with van der Waals surface area (Å²) in [6, 6.07) is 22.7. The molecule has 7 nitrogen and oxygen atoms in total. The van der Waals surface area contributed by atoms with Crippen molar-refractivity contribution in [2.45, 2.75) is 32.4 Å². The highest BCUT2D eigenvalue weighted by atomic mass is 35.5. The number of piperidine rings is 1. The molecule has 0 spiro atoms. The molecular weight excluding hydrogens is 494 g/mol. The predicted octanol–water partition coefficient (Wildman–Crippen LogP) is 5.94. The van der Waals surface area contributed by atoms with Gasteiger partial charge >= 0.3 is 6.03 Å². The number of nitrogens with zero attached hydrogens (tertiary/aromatic N) is 2. The first-order valence-electron chi connectivity index (χ1n) is 11.9. The quantitative estimate of drug-likeness (QED) is 0.289. The van der Waals surface area contributed by atoms with E-state index in [0.29, 0.717) is 28.1 Å². The Kier molecular flexibility index (Phi) is 8.74. The van der Waals surface area contributed by atoms with Crippen LogP contribution in [0, 0.1) is 0 Å². The first-order valence-corrected chi connectivity index (χ1v) is 12.7. The number of carbonyl (C=O) groups excluding carboxylic acids is 2. The molecule has 3 aromatic rings. The summed E-state index contributed by atoms with van der Waals surface area (Å²) in [4.78, 5) is 26.4. The number of hydrogen-bond donors (Lipinski definition) is 4. The van der Waals surface area contributed by atoms with E-state index in [9.17, 15) is 9.59 Å². The van der Waals surface area contributed by atoms with E-state index in [2.05, 4.69) is 45.8 Å². The van der Waals surface area contributed by atoms with Gasteiger partial charge in [0.15, 0.2) is 0 Å². The van der Waals surface area contributed by atoms with E-state index in [4.69, 9.17) is 11.6 Å². The van der Waals surface area contributed by atoms with E-state index >= 15 is 0 Å². The number of carbonyl (C=O) groups is 2. The van der Waals surface area contributed by atoms with Crippen molar-refractivity contribution in [2.24, 2.45) is 0 Å². The largest absolute Gasteiger partial charge is 0.363 e. The molecule has 0 bridgehead atoms. The van der Waals surface area contributed by atoms with Crippen LogP contribution in [0.25, 0.3) is 0 Å². The van der Waals surface area contributed by atoms with Crippen molar-refractivity contribution in [3.8, 4) is 0 Å². The van der Waals surface area contributed by atoms with E-state index in [1.165, 1.54) is 16.8 Å². The van der Waals surface area contributed by atoms with Crippen LogP contribution in [-0.4, -0.2) is 31.1 Å². The summed E-state index contributed by atoms with van der Waals surface area (Å²) < 4.78 is 1.20. The first-order chi connectivity index (χ1) is 17.4. The van der Waals surface area contributed by atoms with E-state index in [-0.39, 0.29) is 5.91 Å². The van der Waals surface area contributed by atoms with E-state index < -0.39 is 6.03 Å². The standard InChI is InChI=1S/C27H30ClN5O2S/c1-19(34)30-21-7-10-24(11-8-21)33(36)27(35)31-22-9-12-26(25(28)17-22)32(23-13-15-29-16-14-23)18-20-5-3-2-4-6-20/h2-12,17,23,29,36H,13-16,18H2,1H3,(H,30,34)(H,31,35). The van der Waals surface area contributed by atoms with Gasteiger partial charge in [0, 0.05) is 30.9 Å². The molecule has 188 valence electrons. The lowest BCUT2D eigenvalue weighted by Crippen LogP contribution is -2.43. The van der Waals surface area contributed by atoms with Crippen LogP contribution in [-0.2, 0) is 11.3 Å². The smallest absolute Gasteiger partial charge is 0.336 e. The molecule has 3 amide bonds. The molecule has 1 heterocycles. The van der Waals surface area contributed by atoms with Crippen molar-refractivity contribution in [3.05, 3.63) is 83.4 Å². The van der Waals surface area contributed by atoms with Crippen LogP contribution < -0.4 is 25.2 Å². The van der Waals surface area contributed by atoms with Crippen LogP contribution in [0.2, 0.25) is 5.02 Å². The Labute approximate surface area is 222 Å². The molecular formula is C27H30ClN5O2S. The van der Waals surface area contributed by atoms with E-state index in [1.807, 2.05) is 30.3 Å². The Hall–Kier alpha value is -3.20. The van der Waals surface area contributed by atoms with Gasteiger partial charge in [0.05, 0.1) is 16.4 Å². The molecule has 9 heteroatoms. The number of amides is 3. The molecule has 3 aromatic carbocycles. The van der Waals surface area contributed by atoms with Gasteiger partial charge in [-0.3, -0.25) is 4.79 Å². The van der Waals surface area contributed by atoms with Crippen LogP contribution in [0.1, 0.15) is 25.3 Å². The molecule has 0 saturated carbocycles. The minimum atomic E-state index is -0.422. The molecule has 3 N–H and O–H groups in total. The fraction of sp³-hybridized carbons (Fsp3) is 0.259. The van der Waals surface area contributed by atoms with E-state index in [0.717, 1.165) is 38.2 Å². The van der Waals surface area contributed by atoms with Crippen molar-refractivity contribution in [1.82, 2.24) is 5.32 Å². The fourth-order valence-corrected chi connectivity index (χ4v) is 4.78. The van der Waals surface area contributed by atoms with Gasteiger partial charge in [-0.2, -0.15) is 0 Å². The zero-order valence-corrected chi connectivity index (χ0v) is 21.7. The highest BCUT2D eigenvalue weighted by molar-refractivity contribution is 7.82. The summed E-state index contributed by atoms with van der Waals surface area (Å²) >= 11 is 11.1. The molecule has 36 heavy (non-hydrogen) atoms. The minimum Gasteiger partial charge on any atom is -0.363 e. The Morgan fingerprint density at radius 1 is 0.972 bits per heavy atom. The summed E-state index contributed by atoms with van der Waals surface area (Å²) in [5.41, 5.74) is 3.95. The summed E-state index contributed by atoms with van der Waals surface area (Å²) in [5, 5.41) is 9.55. The molecule has 0 unspecified atom stereocenters. The van der Waals surface area contributed by atoms with Crippen molar-refractivity contribution in [3.63, 3.8) is 0 Å². The van der Waals surface area contributed by atoms with Gasteiger partial charge in [0.25, 0.3) is 0 Å². The highest BCUT2D eigenvalue weighted by Crippen LogP contribution is 2.33. The third kappa shape index (κ3) is 6.72. The van der Waals surface area contributed by atoms with Gasteiger partial charge in [0.2, 0.25) is 5.91 Å². The van der Waals surface area contributed by atoms with Gasteiger partial charge in [-0.1, -0.05) is 54.7 Å². The molecule has 1 aliphatic rings. The van der Waals surface area contributed by atoms with Gasteiger partial charge in [-0.25, -0.2) is 9.10 Å². The second kappa shape index (κ2) is 12.2. The summed E-state index contributed by atoms with van der Waals surface area (Å²) in [5.74, 6) is -0.161. The zero-order chi connectivity index (χ0) is 25.5. The van der Waals surface area contributed by atoms with Gasteiger partial charge in [-0.15, -0.1) is 0 Å². The molecule has 1 aliphatic heterocycles. The Morgan fingerprint density at radius 2 is 1.64 bits per heavy atom. The average molecular weight is 524 g/mol. The summed E-state index contributed by atoms with van der Waals surface area (Å²) in [6.07, 6.45) is 2.08. The fourth-order valence-electron chi connectivity index (χ4n) is 4.31. The second-order valence-corrected chi connectivity index (χ2v) is 9.54. The molecule has 0 aromatic heterocycles. The number of hydrogen-bond acceptors (Lipinski definition) is 5. The normalized spacial score (nSPS) is 13.6. The number of rotatable bonds is 7. The number of nitrogens with one attached hydrogen (secondary N) is 3. The average Bonchev–Trinajstić information content (AvgIpc) is 2.88. The maximum absolute atomic E-state index is 12.8. The molecule has 1 fully saturated rings. The maximum atomic E-state index is 12.8. The third-order valence-corrected chi connectivity index (χ3v) is 6.79. The van der Waals surface area contributed by atoms with Crippen LogP contribution in [0.15, 0.2) is 72.8 Å². The Bertz CT molecular complexity index is 1190. The number of anilines is 4. The van der Waals surface area contributed by atoms with Gasteiger partial charge in [0.1, 0.15) is 0 Å². The Balaban J connectivity index is 1.48. The molecule has 1 saturated heterocycles. The SMILES string of the molecule is CC(=O)Nc1ccc(N(S)C(=O)Nc2ccc(N(Cc3ccccc3)C3CCNCC3)c(Cl)c2)cc1. The van der Waals surface area contributed by atoms with Crippen molar-refractivity contribution >= 4 is 59.1 Å². The Morgan fingerprint density at radius 3 is 2.28 bits per heavy atom. The van der Waals surface area contributed by atoms with Crippen molar-refractivity contribution in [2.75, 3.05) is 32.9 Å². The second-order valence-electron chi connectivity index (χ2n) is 8.73. The maximum Gasteiger partial charge on any atom is 0.336 e. The summed E-state index contributed by atoms with van der Waals surface area (Å²) in [6.45, 7) is 4.16. The zero-order valence-electron chi connectivity index (χ0n) is 20.1. The lowest BCUT2D eigenvalue weighted by Gasteiger charge is -2.37.